The molecule has 18 heavy (non-hydrogen) atoms. The minimum absolute atomic E-state index is 0.422. The van der Waals surface area contributed by atoms with Gasteiger partial charge < -0.3 is 10.1 Å². The summed E-state index contributed by atoms with van der Waals surface area (Å²) >= 11 is 0. The van der Waals surface area contributed by atoms with Gasteiger partial charge in [-0.15, -0.1) is 0 Å². The van der Waals surface area contributed by atoms with Crippen LogP contribution in [0.3, 0.4) is 0 Å². The first-order chi connectivity index (χ1) is 8.53. The van der Waals surface area contributed by atoms with E-state index in [1.165, 1.54) is 38.9 Å². The molecule has 2 aliphatic rings. The van der Waals surface area contributed by atoms with Gasteiger partial charge in [-0.1, -0.05) is 20.8 Å². The Balaban J connectivity index is 1.89. The molecule has 0 radical (unpaired) electrons. The summed E-state index contributed by atoms with van der Waals surface area (Å²) in [7, 11) is 1.85. The van der Waals surface area contributed by atoms with E-state index < -0.39 is 0 Å². The highest BCUT2D eigenvalue weighted by Crippen LogP contribution is 2.31. The number of piperidine rings is 2. The molecule has 2 rings (SSSR count). The second-order valence-electron chi connectivity index (χ2n) is 6.90. The van der Waals surface area contributed by atoms with Crippen LogP contribution in [-0.4, -0.2) is 50.3 Å². The van der Waals surface area contributed by atoms with E-state index in [0.29, 0.717) is 23.5 Å². The average Bonchev–Trinajstić information content (AvgIpc) is 2.34. The highest BCUT2D eigenvalue weighted by atomic mass is 16.5. The molecule has 0 aromatic rings. The van der Waals surface area contributed by atoms with E-state index in [-0.39, 0.29) is 0 Å². The number of nitrogens with one attached hydrogen (secondary N) is 1. The standard InChI is InChI=1S/C15H30N2O/c1-12-6-9-17(10-13(12)18-4)11-14-15(2,3)7-5-8-16-14/h12-14,16H,5-11H2,1-4H3. The van der Waals surface area contributed by atoms with Gasteiger partial charge in [0, 0.05) is 26.2 Å². The van der Waals surface area contributed by atoms with Gasteiger partial charge in [-0.2, -0.15) is 0 Å². The Kier molecular flexibility index (Phi) is 4.68. The summed E-state index contributed by atoms with van der Waals surface area (Å²) in [6, 6.07) is 0.636. The second kappa shape index (κ2) is 5.89. The van der Waals surface area contributed by atoms with Gasteiger partial charge in [0.25, 0.3) is 0 Å². The smallest absolute Gasteiger partial charge is 0.0724 e. The van der Waals surface area contributed by atoms with Crippen LogP contribution in [0.15, 0.2) is 0 Å². The Labute approximate surface area is 112 Å². The lowest BCUT2D eigenvalue weighted by Gasteiger charge is -2.44. The maximum atomic E-state index is 5.61. The van der Waals surface area contributed by atoms with Crippen molar-refractivity contribution in [1.82, 2.24) is 10.2 Å². The predicted molar refractivity (Wildman–Crippen MR) is 75.8 cm³/mol. The number of nitrogens with zero attached hydrogens (tertiary/aromatic N) is 1. The molecule has 106 valence electrons. The quantitative estimate of drug-likeness (QED) is 0.835. The van der Waals surface area contributed by atoms with Crippen molar-refractivity contribution in [2.24, 2.45) is 11.3 Å². The van der Waals surface area contributed by atoms with Crippen molar-refractivity contribution < 1.29 is 4.74 Å². The van der Waals surface area contributed by atoms with Crippen LogP contribution in [0.4, 0.5) is 0 Å². The molecule has 3 nitrogen and oxygen atoms in total. The van der Waals surface area contributed by atoms with Gasteiger partial charge in [0.15, 0.2) is 0 Å². The first-order valence-electron chi connectivity index (χ1n) is 7.51. The van der Waals surface area contributed by atoms with E-state index in [9.17, 15) is 0 Å². The Morgan fingerprint density at radius 3 is 2.83 bits per heavy atom. The molecule has 0 aromatic heterocycles. The van der Waals surface area contributed by atoms with Crippen LogP contribution in [0.1, 0.15) is 40.0 Å². The lowest BCUT2D eigenvalue weighted by molar-refractivity contribution is -0.0140. The van der Waals surface area contributed by atoms with Crippen molar-refractivity contribution in [3.63, 3.8) is 0 Å². The van der Waals surface area contributed by atoms with Crippen LogP contribution < -0.4 is 5.32 Å². The molecular weight excluding hydrogens is 224 g/mol. The molecule has 2 saturated heterocycles. The molecule has 0 saturated carbocycles. The molecular formula is C15H30N2O. The summed E-state index contributed by atoms with van der Waals surface area (Å²) in [4.78, 5) is 2.60. The van der Waals surface area contributed by atoms with Gasteiger partial charge in [0.05, 0.1) is 6.10 Å². The van der Waals surface area contributed by atoms with Crippen LogP contribution in [-0.2, 0) is 4.74 Å². The fourth-order valence-corrected chi connectivity index (χ4v) is 3.41. The topological polar surface area (TPSA) is 24.5 Å². The first-order valence-corrected chi connectivity index (χ1v) is 7.51. The van der Waals surface area contributed by atoms with Crippen LogP contribution in [0.2, 0.25) is 0 Å². The summed E-state index contributed by atoms with van der Waals surface area (Å²) < 4.78 is 5.61. The van der Waals surface area contributed by atoms with Crippen LogP contribution in [0.5, 0.6) is 0 Å². The monoisotopic (exact) mass is 254 g/mol. The lowest BCUT2D eigenvalue weighted by Crippen LogP contribution is -2.55. The van der Waals surface area contributed by atoms with Crippen molar-refractivity contribution in [1.29, 1.82) is 0 Å². The molecule has 0 aromatic carbocycles. The molecule has 0 spiro atoms. The van der Waals surface area contributed by atoms with Gasteiger partial charge in [0.1, 0.15) is 0 Å². The average molecular weight is 254 g/mol. The summed E-state index contributed by atoms with van der Waals surface area (Å²) in [5, 5.41) is 3.72. The van der Waals surface area contributed by atoms with Crippen LogP contribution in [0.25, 0.3) is 0 Å². The van der Waals surface area contributed by atoms with Crippen molar-refractivity contribution in [2.75, 3.05) is 33.3 Å². The van der Waals surface area contributed by atoms with Crippen molar-refractivity contribution >= 4 is 0 Å². The summed E-state index contributed by atoms with van der Waals surface area (Å²) in [6.45, 7) is 11.8. The number of rotatable bonds is 3. The van der Waals surface area contributed by atoms with E-state index in [1.807, 2.05) is 7.11 Å². The molecule has 3 atom stereocenters. The van der Waals surface area contributed by atoms with Crippen molar-refractivity contribution in [2.45, 2.75) is 52.2 Å². The van der Waals surface area contributed by atoms with Gasteiger partial charge in [0.2, 0.25) is 0 Å². The fourth-order valence-electron chi connectivity index (χ4n) is 3.41. The van der Waals surface area contributed by atoms with E-state index in [2.05, 4.69) is 31.0 Å². The zero-order chi connectivity index (χ0) is 13.2. The third-order valence-corrected chi connectivity index (χ3v) is 5.05. The Hall–Kier alpha value is -0.120. The Morgan fingerprint density at radius 1 is 1.39 bits per heavy atom. The third-order valence-electron chi connectivity index (χ3n) is 5.05. The highest BCUT2D eigenvalue weighted by Gasteiger charge is 2.35. The number of hydrogen-bond donors (Lipinski definition) is 1. The molecule has 0 bridgehead atoms. The zero-order valence-electron chi connectivity index (χ0n) is 12.5. The van der Waals surface area contributed by atoms with Crippen LogP contribution in [0, 0.1) is 11.3 Å². The SMILES string of the molecule is COC1CN(CC2NCCCC2(C)C)CCC1C. The van der Waals surface area contributed by atoms with Gasteiger partial charge in [-0.3, -0.25) is 4.90 Å². The minimum Gasteiger partial charge on any atom is -0.380 e. The number of methoxy groups -OCH3 is 1. The fraction of sp³-hybridized carbons (Fsp3) is 1.00. The number of hydrogen-bond acceptors (Lipinski definition) is 3. The lowest BCUT2D eigenvalue weighted by atomic mass is 9.77. The maximum absolute atomic E-state index is 5.61. The van der Waals surface area contributed by atoms with Crippen molar-refractivity contribution in [3.05, 3.63) is 0 Å². The molecule has 3 unspecified atom stereocenters. The number of ether oxygens (including phenoxy) is 1. The predicted octanol–water partition coefficient (Wildman–Crippen LogP) is 2.12. The van der Waals surface area contributed by atoms with Crippen molar-refractivity contribution in [3.8, 4) is 0 Å². The molecule has 2 heterocycles. The minimum atomic E-state index is 0.422. The molecule has 2 aliphatic heterocycles. The number of likely N-dealkylation sites (tertiary alicyclic amines) is 1. The molecule has 3 heteroatoms. The van der Waals surface area contributed by atoms with Crippen LogP contribution >= 0.6 is 0 Å². The molecule has 0 amide bonds. The third kappa shape index (κ3) is 3.25. The maximum Gasteiger partial charge on any atom is 0.0724 e. The van der Waals surface area contributed by atoms with Gasteiger partial charge in [-0.25, -0.2) is 0 Å². The highest BCUT2D eigenvalue weighted by molar-refractivity contribution is 4.91. The normalized spacial score (nSPS) is 37.7. The first kappa shape index (κ1) is 14.3. The Morgan fingerprint density at radius 2 is 2.17 bits per heavy atom. The van der Waals surface area contributed by atoms with E-state index in [4.69, 9.17) is 4.74 Å². The molecule has 1 N–H and O–H groups in total. The van der Waals surface area contributed by atoms with E-state index in [1.54, 1.807) is 0 Å². The summed E-state index contributed by atoms with van der Waals surface area (Å²) in [5.74, 6) is 0.707. The molecule has 0 aliphatic carbocycles. The van der Waals surface area contributed by atoms with E-state index in [0.717, 1.165) is 6.54 Å². The summed E-state index contributed by atoms with van der Waals surface area (Å²) in [6.07, 6.45) is 4.36. The summed E-state index contributed by atoms with van der Waals surface area (Å²) in [5.41, 5.74) is 0.434. The zero-order valence-corrected chi connectivity index (χ0v) is 12.5. The van der Waals surface area contributed by atoms with Gasteiger partial charge >= 0.3 is 0 Å². The Bertz CT molecular complexity index is 267. The van der Waals surface area contributed by atoms with Gasteiger partial charge in [-0.05, 0) is 43.7 Å². The molecule has 2 fully saturated rings. The van der Waals surface area contributed by atoms with E-state index >= 15 is 0 Å². The largest absolute Gasteiger partial charge is 0.380 e. The second-order valence-corrected chi connectivity index (χ2v) is 6.90.